The number of fused-ring (bicyclic) bond motifs is 1. The van der Waals surface area contributed by atoms with Crippen molar-refractivity contribution in [3.63, 3.8) is 0 Å². The Morgan fingerprint density at radius 2 is 1.95 bits per heavy atom. The van der Waals surface area contributed by atoms with Crippen molar-refractivity contribution in [2.24, 2.45) is 5.92 Å². The van der Waals surface area contributed by atoms with Crippen molar-refractivity contribution in [2.75, 3.05) is 13.7 Å². The van der Waals surface area contributed by atoms with Crippen LogP contribution in [0.2, 0.25) is 0 Å². The maximum atomic E-state index is 12.1. The number of carbonyl (C=O) groups is 3. The average Bonchev–Trinajstić information content (AvgIpc) is 2.63. The first kappa shape index (κ1) is 13.1. The van der Waals surface area contributed by atoms with Crippen molar-refractivity contribution in [3.8, 4) is 5.75 Å². The lowest BCUT2D eigenvalue weighted by Gasteiger charge is -2.16. The van der Waals surface area contributed by atoms with Crippen molar-refractivity contribution in [3.05, 3.63) is 29.3 Å². The SMILES string of the molecule is COc1ccc2c(c1)C(=O)N(CC(C)C(=O)O)C2=O. The van der Waals surface area contributed by atoms with Crippen LogP contribution in [-0.2, 0) is 4.79 Å². The third kappa shape index (κ3) is 2.16. The number of nitrogens with zero attached hydrogens (tertiary/aromatic N) is 1. The Labute approximate surface area is 109 Å². The molecule has 0 saturated heterocycles. The van der Waals surface area contributed by atoms with E-state index in [0.29, 0.717) is 5.75 Å². The molecule has 0 fully saturated rings. The van der Waals surface area contributed by atoms with Gasteiger partial charge in [0.15, 0.2) is 0 Å². The molecule has 1 aliphatic rings. The van der Waals surface area contributed by atoms with Crippen LogP contribution in [-0.4, -0.2) is 41.4 Å². The van der Waals surface area contributed by atoms with Gasteiger partial charge in [-0.3, -0.25) is 19.3 Å². The number of hydrogen-bond donors (Lipinski definition) is 1. The lowest BCUT2D eigenvalue weighted by molar-refractivity contribution is -0.141. The number of imide groups is 1. The third-order valence-corrected chi connectivity index (χ3v) is 3.06. The molecular formula is C13H13NO5. The zero-order valence-corrected chi connectivity index (χ0v) is 10.5. The number of carbonyl (C=O) groups excluding carboxylic acids is 2. The van der Waals surface area contributed by atoms with Crippen LogP contribution in [0.15, 0.2) is 18.2 Å². The predicted molar refractivity (Wildman–Crippen MR) is 65.2 cm³/mol. The largest absolute Gasteiger partial charge is 0.497 e. The monoisotopic (exact) mass is 263 g/mol. The topological polar surface area (TPSA) is 83.9 Å². The number of aliphatic carboxylic acids is 1. The molecule has 1 aliphatic heterocycles. The van der Waals surface area contributed by atoms with E-state index < -0.39 is 23.7 Å². The number of amides is 2. The van der Waals surface area contributed by atoms with Crippen LogP contribution in [0, 0.1) is 5.92 Å². The highest BCUT2D eigenvalue weighted by molar-refractivity contribution is 6.21. The van der Waals surface area contributed by atoms with Gasteiger partial charge in [0, 0.05) is 6.54 Å². The normalized spacial score (nSPS) is 15.4. The van der Waals surface area contributed by atoms with Gasteiger partial charge in [0.25, 0.3) is 11.8 Å². The van der Waals surface area contributed by atoms with Crippen LogP contribution < -0.4 is 4.74 Å². The number of benzene rings is 1. The average molecular weight is 263 g/mol. The van der Waals surface area contributed by atoms with Gasteiger partial charge in [-0.15, -0.1) is 0 Å². The molecule has 1 unspecified atom stereocenters. The summed E-state index contributed by atoms with van der Waals surface area (Å²) in [5, 5.41) is 8.84. The molecule has 100 valence electrons. The minimum atomic E-state index is -1.05. The highest BCUT2D eigenvalue weighted by Crippen LogP contribution is 2.27. The Hall–Kier alpha value is -2.37. The second-order valence-electron chi connectivity index (χ2n) is 4.37. The van der Waals surface area contributed by atoms with Gasteiger partial charge in [0.05, 0.1) is 24.2 Å². The van der Waals surface area contributed by atoms with E-state index >= 15 is 0 Å². The quantitative estimate of drug-likeness (QED) is 0.820. The van der Waals surface area contributed by atoms with E-state index in [2.05, 4.69) is 0 Å². The molecule has 2 rings (SSSR count). The summed E-state index contributed by atoms with van der Waals surface area (Å²) in [6, 6.07) is 4.59. The van der Waals surface area contributed by atoms with Gasteiger partial charge < -0.3 is 9.84 Å². The summed E-state index contributed by atoms with van der Waals surface area (Å²) in [7, 11) is 1.47. The number of carboxylic acid groups (broad SMARTS) is 1. The highest BCUT2D eigenvalue weighted by Gasteiger charge is 2.37. The molecular weight excluding hydrogens is 250 g/mol. The zero-order valence-electron chi connectivity index (χ0n) is 10.5. The smallest absolute Gasteiger partial charge is 0.308 e. The fourth-order valence-corrected chi connectivity index (χ4v) is 1.91. The Morgan fingerprint density at radius 1 is 1.32 bits per heavy atom. The van der Waals surface area contributed by atoms with E-state index in [4.69, 9.17) is 9.84 Å². The van der Waals surface area contributed by atoms with E-state index in [-0.39, 0.29) is 17.7 Å². The second-order valence-corrected chi connectivity index (χ2v) is 4.37. The molecule has 0 radical (unpaired) electrons. The molecule has 6 heteroatoms. The zero-order chi connectivity index (χ0) is 14.2. The van der Waals surface area contributed by atoms with Crippen LogP contribution in [0.4, 0.5) is 0 Å². The van der Waals surface area contributed by atoms with E-state index in [1.54, 1.807) is 6.07 Å². The number of rotatable bonds is 4. The number of carboxylic acids is 1. The van der Waals surface area contributed by atoms with E-state index in [0.717, 1.165) is 4.90 Å². The molecule has 0 aliphatic carbocycles. The molecule has 1 atom stereocenters. The first-order chi connectivity index (χ1) is 8.95. The van der Waals surface area contributed by atoms with Gasteiger partial charge in [-0.2, -0.15) is 0 Å². The first-order valence-corrected chi connectivity index (χ1v) is 5.72. The maximum Gasteiger partial charge on any atom is 0.308 e. The fourth-order valence-electron chi connectivity index (χ4n) is 1.91. The number of hydrogen-bond acceptors (Lipinski definition) is 4. The van der Waals surface area contributed by atoms with Gasteiger partial charge in [-0.25, -0.2) is 0 Å². The lowest BCUT2D eigenvalue weighted by Crippen LogP contribution is -2.36. The van der Waals surface area contributed by atoms with Gasteiger partial charge in [0.1, 0.15) is 5.75 Å². The Morgan fingerprint density at radius 3 is 2.53 bits per heavy atom. The maximum absolute atomic E-state index is 12.1. The summed E-state index contributed by atoms with van der Waals surface area (Å²) in [4.78, 5) is 35.9. The van der Waals surface area contributed by atoms with Gasteiger partial charge in [-0.1, -0.05) is 6.92 Å². The highest BCUT2D eigenvalue weighted by atomic mass is 16.5. The molecule has 1 aromatic carbocycles. The lowest BCUT2D eigenvalue weighted by atomic mass is 10.1. The van der Waals surface area contributed by atoms with Crippen LogP contribution in [0.25, 0.3) is 0 Å². The minimum Gasteiger partial charge on any atom is -0.497 e. The Kier molecular flexibility index (Phi) is 3.25. The molecule has 19 heavy (non-hydrogen) atoms. The molecule has 1 aromatic rings. The molecule has 0 aromatic heterocycles. The van der Waals surface area contributed by atoms with E-state index in [1.807, 2.05) is 0 Å². The summed E-state index contributed by atoms with van der Waals surface area (Å²) in [5.41, 5.74) is 0.533. The third-order valence-electron chi connectivity index (χ3n) is 3.06. The van der Waals surface area contributed by atoms with Gasteiger partial charge >= 0.3 is 5.97 Å². The van der Waals surface area contributed by atoms with Crippen LogP contribution in [0.1, 0.15) is 27.6 Å². The van der Waals surface area contributed by atoms with Gasteiger partial charge in [0.2, 0.25) is 0 Å². The molecule has 0 spiro atoms. The molecule has 1 heterocycles. The van der Waals surface area contributed by atoms with Gasteiger partial charge in [-0.05, 0) is 18.2 Å². The van der Waals surface area contributed by atoms with Crippen molar-refractivity contribution in [1.29, 1.82) is 0 Å². The van der Waals surface area contributed by atoms with Crippen molar-refractivity contribution < 1.29 is 24.2 Å². The number of methoxy groups -OCH3 is 1. The first-order valence-electron chi connectivity index (χ1n) is 5.72. The number of ether oxygens (including phenoxy) is 1. The van der Waals surface area contributed by atoms with E-state index in [9.17, 15) is 14.4 Å². The molecule has 0 saturated carbocycles. The van der Waals surface area contributed by atoms with E-state index in [1.165, 1.54) is 26.2 Å². The summed E-state index contributed by atoms with van der Waals surface area (Å²) < 4.78 is 5.00. The standard InChI is InChI=1S/C13H13NO5/c1-7(13(17)18)6-14-11(15)9-4-3-8(19-2)5-10(9)12(14)16/h3-5,7H,6H2,1-2H3,(H,17,18). The summed E-state index contributed by atoms with van der Waals surface area (Å²) in [6.45, 7) is 1.32. The summed E-state index contributed by atoms with van der Waals surface area (Å²) in [6.07, 6.45) is 0. The summed E-state index contributed by atoms with van der Waals surface area (Å²) in [5.74, 6) is -2.31. The van der Waals surface area contributed by atoms with Crippen molar-refractivity contribution in [1.82, 2.24) is 4.90 Å². The van der Waals surface area contributed by atoms with Crippen LogP contribution >= 0.6 is 0 Å². The van der Waals surface area contributed by atoms with Crippen LogP contribution in [0.3, 0.4) is 0 Å². The predicted octanol–water partition coefficient (Wildman–Crippen LogP) is 1.01. The Bertz CT molecular complexity index is 566. The second kappa shape index (κ2) is 4.72. The van der Waals surface area contributed by atoms with Crippen molar-refractivity contribution in [2.45, 2.75) is 6.92 Å². The summed E-state index contributed by atoms with van der Waals surface area (Å²) >= 11 is 0. The molecule has 2 amide bonds. The van der Waals surface area contributed by atoms with Crippen molar-refractivity contribution >= 4 is 17.8 Å². The minimum absolute atomic E-state index is 0.135. The molecule has 6 nitrogen and oxygen atoms in total. The fraction of sp³-hybridized carbons (Fsp3) is 0.308. The Balaban J connectivity index is 2.31. The van der Waals surface area contributed by atoms with Crippen LogP contribution in [0.5, 0.6) is 5.75 Å². The molecule has 1 N–H and O–H groups in total. The molecule has 0 bridgehead atoms.